The summed E-state index contributed by atoms with van der Waals surface area (Å²) in [6.07, 6.45) is 1.04. The number of carbonyl (C=O) groups is 1. The van der Waals surface area contributed by atoms with Crippen molar-refractivity contribution >= 4 is 27.3 Å². The van der Waals surface area contributed by atoms with Crippen molar-refractivity contribution in [3.8, 4) is 17.2 Å². The van der Waals surface area contributed by atoms with Crippen LogP contribution >= 0.6 is 0 Å². The number of ether oxygens (including phenoxy) is 3. The van der Waals surface area contributed by atoms with Gasteiger partial charge in [-0.1, -0.05) is 6.07 Å². The molecule has 0 spiro atoms. The van der Waals surface area contributed by atoms with Crippen molar-refractivity contribution in [1.29, 1.82) is 0 Å². The van der Waals surface area contributed by atoms with E-state index in [2.05, 4.69) is 5.32 Å². The molecule has 0 saturated heterocycles. The van der Waals surface area contributed by atoms with Crippen LogP contribution in [0.15, 0.2) is 42.5 Å². The summed E-state index contributed by atoms with van der Waals surface area (Å²) in [5, 5.41) is 2.71. The second-order valence-electron chi connectivity index (χ2n) is 6.00. The fraction of sp³-hybridized carbons (Fsp3) is 0.316. The minimum atomic E-state index is -3.76. The van der Waals surface area contributed by atoms with Gasteiger partial charge < -0.3 is 19.5 Å². The zero-order valence-electron chi connectivity index (χ0n) is 16.4. The Morgan fingerprint density at radius 3 is 2.25 bits per heavy atom. The third kappa shape index (κ3) is 4.86. The topological polar surface area (TPSA) is 94.2 Å². The van der Waals surface area contributed by atoms with E-state index in [0.717, 1.165) is 10.6 Å². The summed E-state index contributed by atoms with van der Waals surface area (Å²) in [5.74, 6) is 0.890. The van der Waals surface area contributed by atoms with Crippen LogP contribution in [0.4, 0.5) is 11.4 Å². The number of sulfonamides is 1. The lowest BCUT2D eigenvalue weighted by atomic mass is 10.2. The Kier molecular flexibility index (Phi) is 6.74. The van der Waals surface area contributed by atoms with E-state index in [1.165, 1.54) is 34.3 Å². The molecule has 1 amide bonds. The molecule has 0 bridgehead atoms. The number of rotatable bonds is 8. The van der Waals surface area contributed by atoms with Crippen LogP contribution in [-0.2, 0) is 14.8 Å². The maximum Gasteiger partial charge on any atom is 0.247 e. The number of carbonyl (C=O) groups excluding carboxylic acids is 1. The first-order valence-electron chi connectivity index (χ1n) is 8.37. The van der Waals surface area contributed by atoms with Crippen molar-refractivity contribution in [2.75, 3.05) is 37.2 Å². The molecule has 1 unspecified atom stereocenters. The smallest absolute Gasteiger partial charge is 0.247 e. The zero-order chi connectivity index (χ0) is 20.9. The first-order valence-corrected chi connectivity index (χ1v) is 10.2. The number of benzene rings is 2. The fourth-order valence-corrected chi connectivity index (χ4v) is 3.88. The van der Waals surface area contributed by atoms with Crippen LogP contribution < -0.4 is 23.8 Å². The standard InChI is InChI=1S/C19H24N2O6S/c1-13(19(22)20-14-7-6-8-16(11-14)25-2)21(28(5,23)24)15-9-10-17(26-3)18(12-15)27-4/h6-13H,1-5H3,(H,20,22). The SMILES string of the molecule is COc1cccc(NC(=O)C(C)N(c2ccc(OC)c(OC)c2)S(C)(=O)=O)c1. The van der Waals surface area contributed by atoms with E-state index in [-0.39, 0.29) is 5.69 Å². The highest BCUT2D eigenvalue weighted by molar-refractivity contribution is 7.92. The predicted octanol–water partition coefficient (Wildman–Crippen LogP) is 2.51. The van der Waals surface area contributed by atoms with Gasteiger partial charge in [0.25, 0.3) is 0 Å². The number of anilines is 2. The minimum absolute atomic E-state index is 0.286. The van der Waals surface area contributed by atoms with Gasteiger partial charge in [0.2, 0.25) is 15.9 Å². The lowest BCUT2D eigenvalue weighted by Crippen LogP contribution is -2.45. The number of amides is 1. The van der Waals surface area contributed by atoms with Crippen molar-refractivity contribution in [3.05, 3.63) is 42.5 Å². The molecule has 0 aromatic heterocycles. The molecular weight excluding hydrogens is 384 g/mol. The van der Waals surface area contributed by atoms with Gasteiger partial charge in [0.15, 0.2) is 11.5 Å². The summed E-state index contributed by atoms with van der Waals surface area (Å²) in [6.45, 7) is 1.51. The maximum atomic E-state index is 12.7. The van der Waals surface area contributed by atoms with Gasteiger partial charge in [-0.05, 0) is 31.2 Å². The van der Waals surface area contributed by atoms with Crippen molar-refractivity contribution in [1.82, 2.24) is 0 Å². The first-order chi connectivity index (χ1) is 13.2. The third-order valence-electron chi connectivity index (χ3n) is 4.05. The summed E-state index contributed by atoms with van der Waals surface area (Å²) in [6, 6.07) is 10.4. The van der Waals surface area contributed by atoms with Gasteiger partial charge in [-0.25, -0.2) is 8.42 Å². The molecule has 2 rings (SSSR count). The van der Waals surface area contributed by atoms with Gasteiger partial charge in [0, 0.05) is 17.8 Å². The molecule has 2 aromatic carbocycles. The molecule has 0 heterocycles. The van der Waals surface area contributed by atoms with Gasteiger partial charge in [-0.15, -0.1) is 0 Å². The molecule has 152 valence electrons. The number of nitrogens with zero attached hydrogens (tertiary/aromatic N) is 1. The lowest BCUT2D eigenvalue weighted by Gasteiger charge is -2.28. The van der Waals surface area contributed by atoms with Crippen molar-refractivity contribution < 1.29 is 27.4 Å². The molecule has 0 aliphatic heterocycles. The number of nitrogens with one attached hydrogen (secondary N) is 1. The van der Waals surface area contributed by atoms with Crippen LogP contribution in [0.3, 0.4) is 0 Å². The van der Waals surface area contributed by atoms with E-state index in [4.69, 9.17) is 14.2 Å². The molecule has 1 atom stereocenters. The van der Waals surface area contributed by atoms with Crippen LogP contribution in [0.25, 0.3) is 0 Å². The second kappa shape index (κ2) is 8.83. The molecule has 0 aliphatic carbocycles. The summed E-state index contributed by atoms with van der Waals surface area (Å²) < 4.78 is 41.5. The van der Waals surface area contributed by atoms with Gasteiger partial charge in [-0.2, -0.15) is 0 Å². The quantitative estimate of drug-likeness (QED) is 0.721. The van der Waals surface area contributed by atoms with E-state index >= 15 is 0 Å². The highest BCUT2D eigenvalue weighted by Crippen LogP contribution is 2.33. The molecule has 28 heavy (non-hydrogen) atoms. The Morgan fingerprint density at radius 1 is 1.00 bits per heavy atom. The van der Waals surface area contributed by atoms with Crippen LogP contribution in [0, 0.1) is 0 Å². The van der Waals surface area contributed by atoms with Crippen LogP contribution in [0.2, 0.25) is 0 Å². The summed E-state index contributed by atoms with van der Waals surface area (Å²) in [7, 11) is 0.691. The zero-order valence-corrected chi connectivity index (χ0v) is 17.2. The number of methoxy groups -OCH3 is 3. The molecule has 0 saturated carbocycles. The molecule has 8 nitrogen and oxygen atoms in total. The Morgan fingerprint density at radius 2 is 1.68 bits per heavy atom. The highest BCUT2D eigenvalue weighted by atomic mass is 32.2. The monoisotopic (exact) mass is 408 g/mol. The first kappa shape index (κ1) is 21.4. The van der Waals surface area contributed by atoms with E-state index in [0.29, 0.717) is 22.9 Å². The number of hydrogen-bond donors (Lipinski definition) is 1. The molecule has 0 fully saturated rings. The van der Waals surface area contributed by atoms with E-state index in [1.807, 2.05) is 0 Å². The number of hydrogen-bond acceptors (Lipinski definition) is 6. The Labute approximate surface area is 165 Å². The molecule has 9 heteroatoms. The van der Waals surface area contributed by atoms with Crippen LogP contribution in [0.5, 0.6) is 17.2 Å². The predicted molar refractivity (Wildman–Crippen MR) is 108 cm³/mol. The largest absolute Gasteiger partial charge is 0.497 e. The van der Waals surface area contributed by atoms with Crippen molar-refractivity contribution in [2.24, 2.45) is 0 Å². The van der Waals surface area contributed by atoms with Crippen molar-refractivity contribution in [3.63, 3.8) is 0 Å². The Bertz CT molecular complexity index is 945. The van der Waals surface area contributed by atoms with Crippen molar-refractivity contribution in [2.45, 2.75) is 13.0 Å². The molecule has 0 aliphatic rings. The summed E-state index contributed by atoms with van der Waals surface area (Å²) >= 11 is 0. The second-order valence-corrected chi connectivity index (χ2v) is 7.85. The molecule has 0 radical (unpaired) electrons. The van der Waals surface area contributed by atoms with E-state index in [9.17, 15) is 13.2 Å². The molecular formula is C19H24N2O6S. The summed E-state index contributed by atoms with van der Waals surface area (Å²) in [4.78, 5) is 12.7. The molecule has 2 aromatic rings. The van der Waals surface area contributed by atoms with Crippen LogP contribution in [-0.4, -0.2) is 48.0 Å². The van der Waals surface area contributed by atoms with Crippen LogP contribution in [0.1, 0.15) is 6.92 Å². The highest BCUT2D eigenvalue weighted by Gasteiger charge is 2.30. The average Bonchev–Trinajstić information content (AvgIpc) is 2.66. The fourth-order valence-electron chi connectivity index (χ4n) is 2.72. The Balaban J connectivity index is 2.36. The van der Waals surface area contributed by atoms with Gasteiger partial charge in [-0.3, -0.25) is 9.10 Å². The minimum Gasteiger partial charge on any atom is -0.497 e. The normalized spacial score (nSPS) is 12.0. The van der Waals surface area contributed by atoms with Gasteiger partial charge in [0.1, 0.15) is 11.8 Å². The van der Waals surface area contributed by atoms with Gasteiger partial charge >= 0.3 is 0 Å². The maximum absolute atomic E-state index is 12.7. The third-order valence-corrected chi connectivity index (χ3v) is 5.29. The Hall–Kier alpha value is -2.94. The van der Waals surface area contributed by atoms with Gasteiger partial charge in [0.05, 0.1) is 33.3 Å². The van der Waals surface area contributed by atoms with E-state index < -0.39 is 22.0 Å². The van der Waals surface area contributed by atoms with E-state index in [1.54, 1.807) is 36.4 Å². The molecule has 1 N–H and O–H groups in total. The lowest BCUT2D eigenvalue weighted by molar-refractivity contribution is -0.116. The summed E-state index contributed by atoms with van der Waals surface area (Å²) in [5.41, 5.74) is 0.783. The average molecular weight is 408 g/mol.